The summed E-state index contributed by atoms with van der Waals surface area (Å²) in [6.07, 6.45) is 0. The first-order chi connectivity index (χ1) is 10.5. The maximum Gasteiger partial charge on any atom is 0.257 e. The highest BCUT2D eigenvalue weighted by Crippen LogP contribution is 2.15. The number of carbonyl (C=O) groups excluding carboxylic acids is 1. The lowest BCUT2D eigenvalue weighted by Crippen LogP contribution is -2.40. The number of benzene rings is 2. The van der Waals surface area contributed by atoms with Crippen LogP contribution in [-0.2, 0) is 0 Å². The van der Waals surface area contributed by atoms with E-state index >= 15 is 0 Å². The number of hydrogen-bond acceptors (Lipinski definition) is 2. The van der Waals surface area contributed by atoms with Crippen molar-refractivity contribution in [3.05, 3.63) is 65.7 Å². The average Bonchev–Trinajstić information content (AvgIpc) is 2.54. The molecular weight excluding hydrogens is 292 g/mol. The van der Waals surface area contributed by atoms with Crippen molar-refractivity contribution in [2.24, 2.45) is 0 Å². The minimum absolute atomic E-state index is 0.192. The summed E-state index contributed by atoms with van der Waals surface area (Å²) in [5, 5.41) is 3.14. The number of anilines is 1. The molecule has 3 nitrogen and oxygen atoms in total. The fraction of sp³-hybridized carbons (Fsp3) is 0.222. The largest absolute Gasteiger partial charge is 0.322 e. The van der Waals surface area contributed by atoms with Crippen LogP contribution in [0.15, 0.2) is 54.6 Å². The molecule has 0 aliphatic carbocycles. The van der Waals surface area contributed by atoms with E-state index < -0.39 is 0 Å². The van der Waals surface area contributed by atoms with E-state index in [0.29, 0.717) is 16.6 Å². The zero-order chi connectivity index (χ0) is 16.1. The van der Waals surface area contributed by atoms with Crippen LogP contribution in [0.5, 0.6) is 0 Å². The number of thiocarbonyl (C=S) groups is 1. The fourth-order valence-electron chi connectivity index (χ4n) is 2.04. The van der Waals surface area contributed by atoms with Gasteiger partial charge in [0.25, 0.3) is 5.91 Å². The van der Waals surface area contributed by atoms with Gasteiger partial charge in [0, 0.05) is 18.3 Å². The monoisotopic (exact) mass is 312 g/mol. The Balaban J connectivity index is 2.03. The smallest absolute Gasteiger partial charge is 0.257 e. The maximum atomic E-state index is 12.2. The first-order valence-corrected chi connectivity index (χ1v) is 7.64. The van der Waals surface area contributed by atoms with Crippen LogP contribution in [0.3, 0.4) is 0 Å². The minimum atomic E-state index is -0.192. The van der Waals surface area contributed by atoms with Crippen LogP contribution in [0, 0.1) is 0 Å². The quantitative estimate of drug-likeness (QED) is 0.871. The van der Waals surface area contributed by atoms with Crippen molar-refractivity contribution in [3.63, 3.8) is 0 Å². The molecule has 0 radical (unpaired) electrons. The summed E-state index contributed by atoms with van der Waals surface area (Å²) in [6.45, 7) is 4.25. The van der Waals surface area contributed by atoms with Gasteiger partial charge in [-0.05, 0) is 48.0 Å². The van der Waals surface area contributed by atoms with Crippen LogP contribution in [0.25, 0.3) is 0 Å². The highest BCUT2D eigenvalue weighted by molar-refractivity contribution is 7.80. The Morgan fingerprint density at radius 3 is 2.18 bits per heavy atom. The molecule has 22 heavy (non-hydrogen) atoms. The van der Waals surface area contributed by atoms with Gasteiger partial charge >= 0.3 is 0 Å². The predicted octanol–water partition coefficient (Wildman–Crippen LogP) is 3.96. The Kier molecular flexibility index (Phi) is 5.28. The lowest BCUT2D eigenvalue weighted by molar-refractivity contribution is 0.0977. The Bertz CT molecular complexity index is 651. The summed E-state index contributed by atoms with van der Waals surface area (Å²) in [7, 11) is 1.83. The number of rotatable bonds is 3. The number of carbonyl (C=O) groups is 1. The lowest BCUT2D eigenvalue weighted by atomic mass is 10.0. The first kappa shape index (κ1) is 16.2. The van der Waals surface area contributed by atoms with E-state index in [1.54, 1.807) is 4.90 Å². The van der Waals surface area contributed by atoms with Crippen LogP contribution < -0.4 is 10.2 Å². The van der Waals surface area contributed by atoms with E-state index in [0.717, 1.165) is 5.69 Å². The Labute approximate surface area is 137 Å². The van der Waals surface area contributed by atoms with E-state index in [9.17, 15) is 4.79 Å². The summed E-state index contributed by atoms with van der Waals surface area (Å²) in [6, 6.07) is 17.3. The zero-order valence-electron chi connectivity index (χ0n) is 13.0. The van der Waals surface area contributed by atoms with Gasteiger partial charge < -0.3 is 4.90 Å². The Hall–Kier alpha value is -2.20. The first-order valence-electron chi connectivity index (χ1n) is 7.23. The molecule has 0 fully saturated rings. The Morgan fingerprint density at radius 1 is 1.05 bits per heavy atom. The topological polar surface area (TPSA) is 32.3 Å². The highest BCUT2D eigenvalue weighted by atomic mass is 32.1. The second-order valence-corrected chi connectivity index (χ2v) is 5.82. The molecule has 114 valence electrons. The third kappa shape index (κ3) is 3.92. The van der Waals surface area contributed by atoms with E-state index in [1.165, 1.54) is 5.56 Å². The SMILES string of the molecule is CC(C)c1ccc(C(=O)NC(=S)N(C)c2ccccc2)cc1. The van der Waals surface area contributed by atoms with Crippen LogP contribution in [0.2, 0.25) is 0 Å². The zero-order valence-corrected chi connectivity index (χ0v) is 13.9. The standard InChI is InChI=1S/C18H20N2OS/c1-13(2)14-9-11-15(12-10-14)17(21)19-18(22)20(3)16-7-5-4-6-8-16/h4-13H,1-3H3,(H,19,21,22). The van der Waals surface area contributed by atoms with Gasteiger partial charge in [0.1, 0.15) is 0 Å². The molecule has 0 unspecified atom stereocenters. The maximum absolute atomic E-state index is 12.2. The molecule has 0 bridgehead atoms. The molecule has 1 amide bonds. The molecule has 0 aliphatic rings. The summed E-state index contributed by atoms with van der Waals surface area (Å²) in [5.74, 6) is 0.255. The molecule has 1 N–H and O–H groups in total. The van der Waals surface area contributed by atoms with Gasteiger partial charge in [-0.3, -0.25) is 10.1 Å². The summed E-state index contributed by atoms with van der Waals surface area (Å²) >= 11 is 5.30. The summed E-state index contributed by atoms with van der Waals surface area (Å²) in [5.41, 5.74) is 2.75. The molecule has 2 rings (SSSR count). The molecule has 0 heterocycles. The summed E-state index contributed by atoms with van der Waals surface area (Å²) in [4.78, 5) is 14.0. The third-order valence-electron chi connectivity index (χ3n) is 3.51. The number of hydrogen-bond donors (Lipinski definition) is 1. The van der Waals surface area contributed by atoms with Crippen LogP contribution in [-0.4, -0.2) is 18.1 Å². The van der Waals surface area contributed by atoms with E-state index in [4.69, 9.17) is 12.2 Å². The van der Waals surface area contributed by atoms with E-state index in [2.05, 4.69) is 19.2 Å². The molecule has 0 aliphatic heterocycles. The highest BCUT2D eigenvalue weighted by Gasteiger charge is 2.12. The second-order valence-electron chi connectivity index (χ2n) is 5.43. The van der Waals surface area contributed by atoms with Crippen molar-refractivity contribution in [2.45, 2.75) is 19.8 Å². The molecular formula is C18H20N2OS. The van der Waals surface area contributed by atoms with E-state index in [1.807, 2.05) is 61.6 Å². The van der Waals surface area contributed by atoms with Gasteiger partial charge in [0.15, 0.2) is 5.11 Å². The molecule has 0 atom stereocenters. The molecule has 2 aromatic carbocycles. The van der Waals surface area contributed by atoms with Crippen molar-refractivity contribution in [2.75, 3.05) is 11.9 Å². The van der Waals surface area contributed by atoms with Crippen molar-refractivity contribution in [3.8, 4) is 0 Å². The predicted molar refractivity (Wildman–Crippen MR) is 95.4 cm³/mol. The molecule has 0 saturated carbocycles. The third-order valence-corrected chi connectivity index (χ3v) is 3.88. The van der Waals surface area contributed by atoms with Crippen LogP contribution >= 0.6 is 12.2 Å². The number of para-hydroxylation sites is 1. The second kappa shape index (κ2) is 7.18. The van der Waals surface area contributed by atoms with Crippen LogP contribution in [0.1, 0.15) is 35.7 Å². The van der Waals surface area contributed by atoms with Crippen molar-refractivity contribution < 1.29 is 4.79 Å². The van der Waals surface area contributed by atoms with Crippen molar-refractivity contribution in [1.82, 2.24) is 5.32 Å². The van der Waals surface area contributed by atoms with Crippen molar-refractivity contribution >= 4 is 28.9 Å². The van der Waals surface area contributed by atoms with Gasteiger partial charge in [-0.2, -0.15) is 0 Å². The number of nitrogens with zero attached hydrogens (tertiary/aromatic N) is 1. The van der Waals surface area contributed by atoms with Gasteiger partial charge in [0.2, 0.25) is 0 Å². The molecule has 0 spiro atoms. The fourth-order valence-corrected chi connectivity index (χ4v) is 2.24. The molecule has 4 heteroatoms. The Morgan fingerprint density at radius 2 is 1.64 bits per heavy atom. The normalized spacial score (nSPS) is 10.4. The lowest BCUT2D eigenvalue weighted by Gasteiger charge is -2.20. The summed E-state index contributed by atoms with van der Waals surface area (Å²) < 4.78 is 0. The van der Waals surface area contributed by atoms with Crippen LogP contribution in [0.4, 0.5) is 5.69 Å². The van der Waals surface area contributed by atoms with Gasteiger partial charge in [-0.25, -0.2) is 0 Å². The molecule has 2 aromatic rings. The molecule has 0 aromatic heterocycles. The van der Waals surface area contributed by atoms with Gasteiger partial charge in [-0.15, -0.1) is 0 Å². The number of nitrogens with one attached hydrogen (secondary N) is 1. The van der Waals surface area contributed by atoms with Gasteiger partial charge in [-0.1, -0.05) is 44.2 Å². The van der Waals surface area contributed by atoms with Crippen molar-refractivity contribution in [1.29, 1.82) is 0 Å². The minimum Gasteiger partial charge on any atom is -0.322 e. The number of amides is 1. The molecule has 0 saturated heterocycles. The average molecular weight is 312 g/mol. The van der Waals surface area contributed by atoms with Gasteiger partial charge in [0.05, 0.1) is 0 Å². The van der Waals surface area contributed by atoms with E-state index in [-0.39, 0.29) is 5.91 Å².